The molecule has 0 atom stereocenters. The molecule has 2 aromatic rings. The molecule has 7 nitrogen and oxygen atoms in total. The molecular formula is C12H14ClN5O2. The van der Waals surface area contributed by atoms with Gasteiger partial charge in [-0.05, 0) is 6.92 Å². The molecule has 0 aliphatic rings. The van der Waals surface area contributed by atoms with Crippen molar-refractivity contribution in [2.75, 3.05) is 25.1 Å². The van der Waals surface area contributed by atoms with Crippen molar-refractivity contribution in [1.82, 2.24) is 19.7 Å². The van der Waals surface area contributed by atoms with E-state index in [4.69, 9.17) is 16.3 Å². The zero-order valence-electron chi connectivity index (χ0n) is 11.2. The van der Waals surface area contributed by atoms with Crippen LogP contribution >= 0.6 is 11.6 Å². The van der Waals surface area contributed by atoms with Gasteiger partial charge in [0.1, 0.15) is 6.54 Å². The second-order valence-electron chi connectivity index (χ2n) is 3.98. The maximum atomic E-state index is 11.4. The summed E-state index contributed by atoms with van der Waals surface area (Å²) in [5.41, 5.74) is 0. The van der Waals surface area contributed by atoms with Gasteiger partial charge in [0.2, 0.25) is 5.95 Å². The second-order valence-corrected chi connectivity index (χ2v) is 4.42. The highest BCUT2D eigenvalue weighted by molar-refractivity contribution is 6.30. The first-order chi connectivity index (χ1) is 9.60. The molecule has 0 saturated carbocycles. The van der Waals surface area contributed by atoms with Crippen LogP contribution in [0.15, 0.2) is 24.7 Å². The standard InChI is InChI=1S/C12H14ClN5O2/c1-3-20-11(19)8-17(2)12-14-5-4-10(16-12)18-7-9(13)6-15-18/h4-7H,3,8H2,1-2H3. The molecular weight excluding hydrogens is 282 g/mol. The summed E-state index contributed by atoms with van der Waals surface area (Å²) in [6, 6.07) is 1.70. The lowest BCUT2D eigenvalue weighted by atomic mass is 10.5. The van der Waals surface area contributed by atoms with Crippen molar-refractivity contribution in [3.63, 3.8) is 0 Å². The van der Waals surface area contributed by atoms with Crippen LogP contribution < -0.4 is 4.90 Å². The number of hydrogen-bond donors (Lipinski definition) is 0. The number of esters is 1. The van der Waals surface area contributed by atoms with Gasteiger partial charge in [-0.2, -0.15) is 10.1 Å². The molecule has 0 saturated heterocycles. The summed E-state index contributed by atoms with van der Waals surface area (Å²) < 4.78 is 6.41. The number of hydrogen-bond acceptors (Lipinski definition) is 6. The van der Waals surface area contributed by atoms with Crippen molar-refractivity contribution in [1.29, 1.82) is 0 Å². The van der Waals surface area contributed by atoms with E-state index >= 15 is 0 Å². The average molecular weight is 296 g/mol. The molecule has 8 heteroatoms. The number of nitrogens with zero attached hydrogens (tertiary/aromatic N) is 5. The predicted molar refractivity (Wildman–Crippen MR) is 74.1 cm³/mol. The van der Waals surface area contributed by atoms with Crippen LogP contribution in [0.3, 0.4) is 0 Å². The summed E-state index contributed by atoms with van der Waals surface area (Å²) in [5.74, 6) is 0.644. The van der Waals surface area contributed by atoms with Crippen molar-refractivity contribution in [2.45, 2.75) is 6.92 Å². The fraction of sp³-hybridized carbons (Fsp3) is 0.333. The summed E-state index contributed by atoms with van der Waals surface area (Å²) in [6.07, 6.45) is 4.75. The number of halogens is 1. The van der Waals surface area contributed by atoms with E-state index in [-0.39, 0.29) is 12.5 Å². The second kappa shape index (κ2) is 6.33. The lowest BCUT2D eigenvalue weighted by Crippen LogP contribution is -2.28. The van der Waals surface area contributed by atoms with Crippen LogP contribution in [0.4, 0.5) is 5.95 Å². The summed E-state index contributed by atoms with van der Waals surface area (Å²) in [6.45, 7) is 2.19. The Hall–Kier alpha value is -2.15. The number of carbonyl (C=O) groups is 1. The molecule has 2 aromatic heterocycles. The van der Waals surface area contributed by atoms with E-state index < -0.39 is 0 Å². The van der Waals surface area contributed by atoms with Gasteiger partial charge in [-0.3, -0.25) is 4.79 Å². The Morgan fingerprint density at radius 2 is 2.35 bits per heavy atom. The molecule has 0 aliphatic heterocycles. The molecule has 0 amide bonds. The SMILES string of the molecule is CCOC(=O)CN(C)c1nccc(-n2cc(Cl)cn2)n1. The molecule has 106 valence electrons. The van der Waals surface area contributed by atoms with Gasteiger partial charge in [-0.25, -0.2) is 9.67 Å². The van der Waals surface area contributed by atoms with Crippen LogP contribution in [-0.4, -0.2) is 45.9 Å². The number of aromatic nitrogens is 4. The van der Waals surface area contributed by atoms with Gasteiger partial charge < -0.3 is 9.64 Å². The van der Waals surface area contributed by atoms with Gasteiger partial charge in [0.15, 0.2) is 5.82 Å². The minimum absolute atomic E-state index is 0.0805. The van der Waals surface area contributed by atoms with Gasteiger partial charge in [0.05, 0.1) is 24.0 Å². The quantitative estimate of drug-likeness (QED) is 0.775. The van der Waals surface area contributed by atoms with Crippen molar-refractivity contribution >= 4 is 23.5 Å². The lowest BCUT2D eigenvalue weighted by Gasteiger charge is -2.16. The molecule has 0 aromatic carbocycles. The first-order valence-corrected chi connectivity index (χ1v) is 6.38. The maximum absolute atomic E-state index is 11.4. The summed E-state index contributed by atoms with van der Waals surface area (Å²) in [5, 5.41) is 4.58. The van der Waals surface area contributed by atoms with Crippen LogP contribution in [0.5, 0.6) is 0 Å². The molecule has 0 N–H and O–H groups in total. The van der Waals surface area contributed by atoms with E-state index in [9.17, 15) is 4.79 Å². The van der Waals surface area contributed by atoms with Crippen LogP contribution in [0.25, 0.3) is 5.82 Å². The van der Waals surface area contributed by atoms with Crippen LogP contribution in [0.1, 0.15) is 6.92 Å². The van der Waals surface area contributed by atoms with Crippen molar-refractivity contribution in [2.24, 2.45) is 0 Å². The summed E-state index contributed by atoms with van der Waals surface area (Å²) >= 11 is 5.82. The molecule has 0 bridgehead atoms. The number of likely N-dealkylation sites (N-methyl/N-ethyl adjacent to an activating group) is 1. The monoisotopic (exact) mass is 295 g/mol. The summed E-state index contributed by atoms with van der Waals surface area (Å²) in [7, 11) is 1.71. The van der Waals surface area contributed by atoms with Gasteiger partial charge in [-0.1, -0.05) is 11.6 Å². The fourth-order valence-corrected chi connectivity index (χ4v) is 1.68. The minimum atomic E-state index is -0.328. The number of rotatable bonds is 5. The Balaban J connectivity index is 2.15. The molecule has 0 aliphatic carbocycles. The molecule has 0 unspecified atom stereocenters. The Kier molecular flexibility index (Phi) is 4.52. The van der Waals surface area contributed by atoms with Gasteiger partial charge in [0, 0.05) is 19.3 Å². The van der Waals surface area contributed by atoms with E-state index in [2.05, 4.69) is 15.1 Å². The Bertz CT molecular complexity index is 601. The first-order valence-electron chi connectivity index (χ1n) is 6.00. The third-order valence-electron chi connectivity index (χ3n) is 2.43. The van der Waals surface area contributed by atoms with E-state index in [1.54, 1.807) is 37.3 Å². The largest absolute Gasteiger partial charge is 0.465 e. The predicted octanol–water partition coefficient (Wildman–Crippen LogP) is 1.31. The van der Waals surface area contributed by atoms with Gasteiger partial charge in [0.25, 0.3) is 0 Å². The fourth-order valence-electron chi connectivity index (χ4n) is 1.55. The number of ether oxygens (including phenoxy) is 1. The number of anilines is 1. The van der Waals surface area contributed by atoms with Gasteiger partial charge in [-0.15, -0.1) is 0 Å². The van der Waals surface area contributed by atoms with E-state index in [0.29, 0.717) is 23.4 Å². The lowest BCUT2D eigenvalue weighted by molar-refractivity contribution is -0.141. The van der Waals surface area contributed by atoms with Crippen molar-refractivity contribution in [3.8, 4) is 5.82 Å². The molecule has 0 radical (unpaired) electrons. The summed E-state index contributed by atoms with van der Waals surface area (Å²) in [4.78, 5) is 21.5. The minimum Gasteiger partial charge on any atom is -0.465 e. The Morgan fingerprint density at radius 1 is 1.55 bits per heavy atom. The maximum Gasteiger partial charge on any atom is 0.325 e. The van der Waals surface area contributed by atoms with E-state index in [1.165, 1.54) is 10.9 Å². The normalized spacial score (nSPS) is 10.3. The highest BCUT2D eigenvalue weighted by Crippen LogP contribution is 2.12. The Morgan fingerprint density at radius 3 is 3.00 bits per heavy atom. The van der Waals surface area contributed by atoms with Crippen LogP contribution in [0.2, 0.25) is 5.02 Å². The average Bonchev–Trinajstić information content (AvgIpc) is 2.86. The van der Waals surface area contributed by atoms with Crippen LogP contribution in [-0.2, 0) is 9.53 Å². The number of carbonyl (C=O) groups excluding carboxylic acids is 1. The molecule has 20 heavy (non-hydrogen) atoms. The van der Waals surface area contributed by atoms with Crippen molar-refractivity contribution < 1.29 is 9.53 Å². The van der Waals surface area contributed by atoms with E-state index in [1.807, 2.05) is 0 Å². The van der Waals surface area contributed by atoms with E-state index in [0.717, 1.165) is 0 Å². The molecule has 2 rings (SSSR count). The molecule has 0 spiro atoms. The molecule has 2 heterocycles. The van der Waals surface area contributed by atoms with Crippen LogP contribution in [0, 0.1) is 0 Å². The zero-order chi connectivity index (χ0) is 14.5. The van der Waals surface area contributed by atoms with Gasteiger partial charge >= 0.3 is 5.97 Å². The highest BCUT2D eigenvalue weighted by Gasteiger charge is 2.11. The highest BCUT2D eigenvalue weighted by atomic mass is 35.5. The Labute approximate surface area is 121 Å². The third kappa shape index (κ3) is 3.45. The topological polar surface area (TPSA) is 73.1 Å². The third-order valence-corrected chi connectivity index (χ3v) is 2.62. The van der Waals surface area contributed by atoms with Crippen molar-refractivity contribution in [3.05, 3.63) is 29.7 Å². The first kappa shape index (κ1) is 14.3. The smallest absolute Gasteiger partial charge is 0.325 e. The molecule has 0 fully saturated rings. The zero-order valence-corrected chi connectivity index (χ0v) is 11.9.